The third kappa shape index (κ3) is 6.57. The minimum atomic E-state index is -0.119. The Labute approximate surface area is 110 Å². The van der Waals surface area contributed by atoms with Gasteiger partial charge in [0.05, 0.1) is 12.2 Å². The first-order valence-corrected chi connectivity index (χ1v) is 6.43. The van der Waals surface area contributed by atoms with Crippen LogP contribution in [0.25, 0.3) is 0 Å². The fourth-order valence-electron chi connectivity index (χ4n) is 1.36. The van der Waals surface area contributed by atoms with Crippen molar-refractivity contribution < 1.29 is 9.47 Å². The molecule has 0 atom stereocenters. The molecule has 0 aliphatic heterocycles. The van der Waals surface area contributed by atoms with Crippen molar-refractivity contribution in [1.82, 2.24) is 10.3 Å². The molecule has 1 rings (SSSR count). The molecule has 4 heteroatoms. The number of rotatable bonds is 7. The maximum atomic E-state index is 5.57. The lowest BCUT2D eigenvalue weighted by molar-refractivity contribution is -0.0168. The highest BCUT2D eigenvalue weighted by atomic mass is 16.5. The quantitative estimate of drug-likeness (QED) is 0.757. The highest BCUT2D eigenvalue weighted by molar-refractivity contribution is 5.17. The minimum absolute atomic E-state index is 0.119. The van der Waals surface area contributed by atoms with Gasteiger partial charge >= 0.3 is 0 Å². The second-order valence-electron chi connectivity index (χ2n) is 5.09. The van der Waals surface area contributed by atoms with Gasteiger partial charge in [-0.15, -0.1) is 0 Å². The van der Waals surface area contributed by atoms with Gasteiger partial charge in [-0.3, -0.25) is 0 Å². The SMILES string of the molecule is CCNCc1ccc(OCCOC(C)(C)C)nc1. The molecule has 1 N–H and O–H groups in total. The molecule has 0 aliphatic carbocycles. The van der Waals surface area contributed by atoms with Crippen LogP contribution in [0.5, 0.6) is 5.88 Å². The molecule has 1 heterocycles. The Morgan fingerprint density at radius 3 is 2.56 bits per heavy atom. The lowest BCUT2D eigenvalue weighted by Crippen LogP contribution is -2.22. The lowest BCUT2D eigenvalue weighted by atomic mass is 10.2. The molecule has 0 fully saturated rings. The fraction of sp³-hybridized carbons (Fsp3) is 0.643. The van der Waals surface area contributed by atoms with Crippen molar-refractivity contribution >= 4 is 0 Å². The second-order valence-corrected chi connectivity index (χ2v) is 5.09. The van der Waals surface area contributed by atoms with Crippen LogP contribution in [-0.4, -0.2) is 30.3 Å². The zero-order chi connectivity index (χ0) is 13.4. The van der Waals surface area contributed by atoms with Gasteiger partial charge in [0.15, 0.2) is 0 Å². The summed E-state index contributed by atoms with van der Waals surface area (Å²) in [7, 11) is 0. The van der Waals surface area contributed by atoms with E-state index in [0.29, 0.717) is 19.1 Å². The Balaban J connectivity index is 2.26. The molecule has 4 nitrogen and oxygen atoms in total. The van der Waals surface area contributed by atoms with E-state index in [1.807, 2.05) is 39.1 Å². The van der Waals surface area contributed by atoms with E-state index < -0.39 is 0 Å². The molecule has 0 aromatic carbocycles. The second kappa shape index (κ2) is 7.34. The Morgan fingerprint density at radius 2 is 2.00 bits per heavy atom. The van der Waals surface area contributed by atoms with E-state index in [4.69, 9.17) is 9.47 Å². The van der Waals surface area contributed by atoms with Gasteiger partial charge < -0.3 is 14.8 Å². The lowest BCUT2D eigenvalue weighted by Gasteiger charge is -2.19. The maximum Gasteiger partial charge on any atom is 0.213 e. The molecular weight excluding hydrogens is 228 g/mol. The highest BCUT2D eigenvalue weighted by Crippen LogP contribution is 2.09. The molecule has 1 aromatic heterocycles. The zero-order valence-electron chi connectivity index (χ0n) is 11.8. The molecule has 0 saturated carbocycles. The van der Waals surface area contributed by atoms with Crippen molar-refractivity contribution in [3.63, 3.8) is 0 Å². The molecule has 0 unspecified atom stereocenters. The predicted molar refractivity (Wildman–Crippen MR) is 72.8 cm³/mol. The van der Waals surface area contributed by atoms with E-state index in [0.717, 1.165) is 18.7 Å². The van der Waals surface area contributed by atoms with E-state index in [9.17, 15) is 0 Å². The van der Waals surface area contributed by atoms with Gasteiger partial charge in [-0.2, -0.15) is 0 Å². The average Bonchev–Trinajstić information content (AvgIpc) is 2.32. The van der Waals surface area contributed by atoms with E-state index in [1.165, 1.54) is 0 Å². The number of hydrogen-bond donors (Lipinski definition) is 1. The Morgan fingerprint density at radius 1 is 1.22 bits per heavy atom. The number of ether oxygens (including phenoxy) is 2. The Bertz CT molecular complexity index is 331. The van der Waals surface area contributed by atoms with Crippen LogP contribution in [0, 0.1) is 0 Å². The van der Waals surface area contributed by atoms with Crippen molar-refractivity contribution in [2.75, 3.05) is 19.8 Å². The van der Waals surface area contributed by atoms with E-state index >= 15 is 0 Å². The molecule has 1 aromatic rings. The zero-order valence-corrected chi connectivity index (χ0v) is 11.8. The fourth-order valence-corrected chi connectivity index (χ4v) is 1.36. The molecule has 0 radical (unpaired) electrons. The van der Waals surface area contributed by atoms with Gasteiger partial charge in [-0.05, 0) is 32.9 Å². The molecule has 0 amide bonds. The van der Waals surface area contributed by atoms with Crippen LogP contribution >= 0.6 is 0 Å². The summed E-state index contributed by atoms with van der Waals surface area (Å²) in [6.45, 7) is 11.1. The largest absolute Gasteiger partial charge is 0.475 e. The first-order chi connectivity index (χ1) is 8.51. The Kier molecular flexibility index (Phi) is 6.09. The van der Waals surface area contributed by atoms with Gasteiger partial charge in [0.2, 0.25) is 5.88 Å². The van der Waals surface area contributed by atoms with Crippen LogP contribution in [-0.2, 0) is 11.3 Å². The summed E-state index contributed by atoms with van der Waals surface area (Å²) < 4.78 is 11.1. The monoisotopic (exact) mass is 252 g/mol. The molecule has 0 bridgehead atoms. The van der Waals surface area contributed by atoms with E-state index in [-0.39, 0.29) is 5.60 Å². The highest BCUT2D eigenvalue weighted by Gasteiger charge is 2.09. The minimum Gasteiger partial charge on any atom is -0.475 e. The Hall–Kier alpha value is -1.13. The van der Waals surface area contributed by atoms with Crippen molar-refractivity contribution in [2.24, 2.45) is 0 Å². The van der Waals surface area contributed by atoms with Gasteiger partial charge in [0, 0.05) is 18.8 Å². The normalized spacial score (nSPS) is 11.6. The summed E-state index contributed by atoms with van der Waals surface area (Å²) in [5.41, 5.74) is 1.04. The van der Waals surface area contributed by atoms with E-state index in [1.54, 1.807) is 0 Å². The van der Waals surface area contributed by atoms with Crippen LogP contribution in [0.4, 0.5) is 0 Å². The van der Waals surface area contributed by atoms with Gasteiger partial charge in [-0.25, -0.2) is 4.98 Å². The molecule has 18 heavy (non-hydrogen) atoms. The smallest absolute Gasteiger partial charge is 0.213 e. The standard InChI is InChI=1S/C14H24N2O2/c1-5-15-10-12-6-7-13(16-11-12)17-8-9-18-14(2,3)4/h6-7,11,15H,5,8-10H2,1-4H3. The predicted octanol–water partition coefficient (Wildman–Crippen LogP) is 2.39. The first kappa shape index (κ1) is 14.9. The first-order valence-electron chi connectivity index (χ1n) is 6.43. The van der Waals surface area contributed by atoms with Crippen molar-refractivity contribution in [2.45, 2.75) is 39.8 Å². The third-order valence-corrected chi connectivity index (χ3v) is 2.25. The summed E-state index contributed by atoms with van der Waals surface area (Å²) in [4.78, 5) is 4.25. The maximum absolute atomic E-state index is 5.57. The van der Waals surface area contributed by atoms with E-state index in [2.05, 4.69) is 17.2 Å². The third-order valence-electron chi connectivity index (χ3n) is 2.25. The van der Waals surface area contributed by atoms with Crippen molar-refractivity contribution in [3.05, 3.63) is 23.9 Å². The van der Waals surface area contributed by atoms with Gasteiger partial charge in [-0.1, -0.05) is 13.0 Å². The summed E-state index contributed by atoms with van der Waals surface area (Å²) in [6, 6.07) is 3.92. The molecule has 102 valence electrons. The molecule has 0 saturated heterocycles. The van der Waals surface area contributed by atoms with Crippen LogP contribution in [0.15, 0.2) is 18.3 Å². The summed E-state index contributed by atoms with van der Waals surface area (Å²) in [5.74, 6) is 0.646. The number of nitrogens with one attached hydrogen (secondary N) is 1. The number of hydrogen-bond acceptors (Lipinski definition) is 4. The number of pyridine rings is 1. The number of nitrogens with zero attached hydrogens (tertiary/aromatic N) is 1. The molecule has 0 spiro atoms. The summed E-state index contributed by atoms with van der Waals surface area (Å²) >= 11 is 0. The number of aromatic nitrogens is 1. The van der Waals surface area contributed by atoms with Crippen LogP contribution in [0.3, 0.4) is 0 Å². The van der Waals surface area contributed by atoms with Crippen LogP contribution < -0.4 is 10.1 Å². The molecular formula is C14H24N2O2. The topological polar surface area (TPSA) is 43.4 Å². The van der Waals surface area contributed by atoms with Crippen LogP contribution in [0.1, 0.15) is 33.3 Å². The van der Waals surface area contributed by atoms with Gasteiger partial charge in [0.1, 0.15) is 6.61 Å². The van der Waals surface area contributed by atoms with Crippen LogP contribution in [0.2, 0.25) is 0 Å². The average molecular weight is 252 g/mol. The van der Waals surface area contributed by atoms with Gasteiger partial charge in [0.25, 0.3) is 0 Å². The summed E-state index contributed by atoms with van der Waals surface area (Å²) in [6.07, 6.45) is 1.84. The summed E-state index contributed by atoms with van der Waals surface area (Å²) in [5, 5.41) is 3.25. The van der Waals surface area contributed by atoms with Crippen molar-refractivity contribution in [3.8, 4) is 5.88 Å². The molecule has 0 aliphatic rings. The van der Waals surface area contributed by atoms with Crippen molar-refractivity contribution in [1.29, 1.82) is 0 Å².